The second-order valence-electron chi connectivity index (χ2n) is 7.19. The number of esters is 2. The summed E-state index contributed by atoms with van der Waals surface area (Å²) >= 11 is 0. The number of para-hydroxylation sites is 1. The van der Waals surface area contributed by atoms with E-state index in [1.807, 2.05) is 6.07 Å². The van der Waals surface area contributed by atoms with Gasteiger partial charge in [0.05, 0.1) is 19.9 Å². The Morgan fingerprint density at radius 1 is 0.968 bits per heavy atom. The van der Waals surface area contributed by atoms with Crippen molar-refractivity contribution < 1.29 is 24.2 Å². The molecule has 0 aliphatic carbocycles. The third-order valence-electron chi connectivity index (χ3n) is 4.33. The quantitative estimate of drug-likeness (QED) is 0.517. The number of hydrogen-bond donors (Lipinski definition) is 1. The highest BCUT2D eigenvalue weighted by Gasteiger charge is 2.31. The molecule has 0 atom stereocenters. The second-order valence-corrected chi connectivity index (χ2v) is 7.19. The number of aromatic nitrogens is 2. The van der Waals surface area contributed by atoms with Crippen LogP contribution in [0.25, 0.3) is 16.9 Å². The summed E-state index contributed by atoms with van der Waals surface area (Å²) in [4.78, 5) is 25.2. The minimum atomic E-state index is -1.11. The number of benzene rings is 2. The first-order valence-corrected chi connectivity index (χ1v) is 9.46. The Kier molecular flexibility index (Phi) is 6.23. The summed E-state index contributed by atoms with van der Waals surface area (Å²) in [5, 5.41) is 14.3. The van der Waals surface area contributed by atoms with E-state index in [0.29, 0.717) is 16.8 Å². The van der Waals surface area contributed by atoms with Crippen molar-refractivity contribution in [2.45, 2.75) is 19.4 Å². The van der Waals surface area contributed by atoms with E-state index >= 15 is 0 Å². The van der Waals surface area contributed by atoms with Gasteiger partial charge in [0.2, 0.25) is 0 Å². The highest BCUT2D eigenvalue weighted by molar-refractivity contribution is 6.06. The van der Waals surface area contributed by atoms with Gasteiger partial charge in [-0.15, -0.1) is 0 Å². The zero-order chi connectivity index (χ0) is 22.6. The topological polar surface area (TPSA) is 90.6 Å². The molecule has 7 nitrogen and oxygen atoms in total. The largest absolute Gasteiger partial charge is 0.465 e. The van der Waals surface area contributed by atoms with Crippen LogP contribution in [0.1, 0.15) is 40.3 Å². The van der Waals surface area contributed by atoms with Crippen molar-refractivity contribution in [1.29, 1.82) is 0 Å². The molecule has 158 valence electrons. The van der Waals surface area contributed by atoms with Gasteiger partial charge >= 0.3 is 11.9 Å². The van der Waals surface area contributed by atoms with E-state index in [9.17, 15) is 14.7 Å². The van der Waals surface area contributed by atoms with Crippen LogP contribution in [0.3, 0.4) is 0 Å². The number of aliphatic hydroxyl groups is 1. The maximum Gasteiger partial charge on any atom is 0.357 e. The predicted octanol–water partition coefficient (Wildman–Crippen LogP) is 3.23. The number of ether oxygens (including phenoxy) is 2. The molecule has 0 bridgehead atoms. The van der Waals surface area contributed by atoms with Crippen LogP contribution < -0.4 is 0 Å². The summed E-state index contributed by atoms with van der Waals surface area (Å²) in [7, 11) is 2.48. The molecule has 0 amide bonds. The molecule has 0 saturated heterocycles. The standard InChI is InChI=1S/C24H22N2O5/c1-24(2,29)15-14-16-10-12-17(13-11-16)20-19(22(27)30-3)21(23(28)31-4)26(25-20)18-8-6-5-7-9-18/h5-13,29H,1-4H3. The van der Waals surface area contributed by atoms with Crippen LogP contribution in [0.2, 0.25) is 0 Å². The van der Waals surface area contributed by atoms with Crippen LogP contribution in [-0.2, 0) is 9.47 Å². The van der Waals surface area contributed by atoms with Crippen molar-refractivity contribution in [1.82, 2.24) is 9.78 Å². The summed E-state index contributed by atoms with van der Waals surface area (Å²) in [6.07, 6.45) is 0. The van der Waals surface area contributed by atoms with Gasteiger partial charge in [0.1, 0.15) is 16.9 Å². The lowest BCUT2D eigenvalue weighted by molar-refractivity contribution is 0.0549. The van der Waals surface area contributed by atoms with Gasteiger partial charge < -0.3 is 14.6 Å². The Balaban J connectivity index is 2.20. The van der Waals surface area contributed by atoms with Crippen molar-refractivity contribution in [3.05, 3.63) is 71.4 Å². The van der Waals surface area contributed by atoms with Gasteiger partial charge in [0, 0.05) is 11.1 Å². The van der Waals surface area contributed by atoms with Gasteiger partial charge in [-0.25, -0.2) is 14.3 Å². The fraction of sp³-hybridized carbons (Fsp3) is 0.208. The molecule has 3 rings (SSSR count). The maximum atomic E-state index is 12.6. The van der Waals surface area contributed by atoms with Gasteiger partial charge in [-0.3, -0.25) is 0 Å². The lowest BCUT2D eigenvalue weighted by Crippen LogP contribution is -2.15. The van der Waals surface area contributed by atoms with Gasteiger partial charge in [-0.2, -0.15) is 5.10 Å². The van der Waals surface area contributed by atoms with Crippen LogP contribution >= 0.6 is 0 Å². The Labute approximate surface area is 180 Å². The zero-order valence-corrected chi connectivity index (χ0v) is 17.7. The third kappa shape index (κ3) is 4.82. The average Bonchev–Trinajstić information content (AvgIpc) is 3.17. The monoisotopic (exact) mass is 418 g/mol. The minimum Gasteiger partial charge on any atom is -0.465 e. The number of carbonyl (C=O) groups excluding carboxylic acids is 2. The normalized spacial score (nSPS) is 10.7. The molecule has 0 fully saturated rings. The van der Waals surface area contributed by atoms with E-state index < -0.39 is 17.5 Å². The highest BCUT2D eigenvalue weighted by atomic mass is 16.5. The van der Waals surface area contributed by atoms with Gasteiger partial charge in [0.25, 0.3) is 0 Å². The number of methoxy groups -OCH3 is 2. The highest BCUT2D eigenvalue weighted by Crippen LogP contribution is 2.29. The Morgan fingerprint density at radius 3 is 2.13 bits per heavy atom. The second kappa shape index (κ2) is 8.86. The Morgan fingerprint density at radius 2 is 1.58 bits per heavy atom. The summed E-state index contributed by atoms with van der Waals surface area (Å²) in [5.41, 5.74) is 1.01. The Hall–Kier alpha value is -3.89. The fourth-order valence-electron chi connectivity index (χ4n) is 2.89. The molecular formula is C24H22N2O5. The van der Waals surface area contributed by atoms with Gasteiger partial charge in [-0.05, 0) is 38.1 Å². The molecule has 0 radical (unpaired) electrons. The first-order valence-electron chi connectivity index (χ1n) is 9.46. The van der Waals surface area contributed by atoms with E-state index in [-0.39, 0.29) is 17.0 Å². The summed E-state index contributed by atoms with van der Waals surface area (Å²) in [5.74, 6) is 4.22. The third-order valence-corrected chi connectivity index (χ3v) is 4.33. The van der Waals surface area contributed by atoms with Crippen molar-refractivity contribution >= 4 is 11.9 Å². The van der Waals surface area contributed by atoms with Gasteiger partial charge in [-0.1, -0.05) is 42.2 Å². The lowest BCUT2D eigenvalue weighted by Gasteiger charge is -2.07. The van der Waals surface area contributed by atoms with Crippen LogP contribution in [0, 0.1) is 11.8 Å². The molecule has 1 aromatic heterocycles. The molecule has 0 unspecified atom stereocenters. The van der Waals surface area contributed by atoms with Crippen LogP contribution in [0.4, 0.5) is 0 Å². The lowest BCUT2D eigenvalue weighted by atomic mass is 10.0. The molecular weight excluding hydrogens is 396 g/mol. The molecule has 2 aromatic carbocycles. The zero-order valence-electron chi connectivity index (χ0n) is 17.7. The molecule has 7 heteroatoms. The average molecular weight is 418 g/mol. The molecule has 3 aromatic rings. The van der Waals surface area contributed by atoms with E-state index in [0.717, 1.165) is 0 Å². The number of carbonyl (C=O) groups is 2. The summed E-state index contributed by atoms with van der Waals surface area (Å²) < 4.78 is 11.2. The molecule has 0 saturated carbocycles. The van der Waals surface area contributed by atoms with Crippen LogP contribution in [0.15, 0.2) is 54.6 Å². The molecule has 0 aliphatic heterocycles. The maximum absolute atomic E-state index is 12.6. The van der Waals surface area contributed by atoms with E-state index in [4.69, 9.17) is 9.47 Å². The number of nitrogens with zero attached hydrogens (tertiary/aromatic N) is 2. The number of hydrogen-bond acceptors (Lipinski definition) is 6. The molecule has 1 N–H and O–H groups in total. The molecule has 0 aliphatic rings. The summed E-state index contributed by atoms with van der Waals surface area (Å²) in [6.45, 7) is 3.20. The van der Waals surface area contributed by atoms with Crippen LogP contribution in [-0.4, -0.2) is 46.6 Å². The molecule has 0 spiro atoms. The van der Waals surface area contributed by atoms with Gasteiger partial charge in [0.15, 0.2) is 5.69 Å². The smallest absolute Gasteiger partial charge is 0.357 e. The molecule has 1 heterocycles. The fourth-order valence-corrected chi connectivity index (χ4v) is 2.89. The van der Waals surface area contributed by atoms with Crippen molar-refractivity contribution in [3.63, 3.8) is 0 Å². The summed E-state index contributed by atoms with van der Waals surface area (Å²) in [6, 6.07) is 15.9. The minimum absolute atomic E-state index is 0.00790. The first-order chi connectivity index (χ1) is 14.7. The molecule has 31 heavy (non-hydrogen) atoms. The van der Waals surface area contributed by atoms with Crippen molar-refractivity contribution in [2.24, 2.45) is 0 Å². The van der Waals surface area contributed by atoms with Crippen molar-refractivity contribution in [3.8, 4) is 28.8 Å². The first kappa shape index (κ1) is 21.8. The number of rotatable bonds is 4. The van der Waals surface area contributed by atoms with Crippen molar-refractivity contribution in [2.75, 3.05) is 14.2 Å². The van der Waals surface area contributed by atoms with Crippen LogP contribution in [0.5, 0.6) is 0 Å². The van der Waals surface area contributed by atoms with E-state index in [1.54, 1.807) is 62.4 Å². The Bertz CT molecular complexity index is 1160. The SMILES string of the molecule is COC(=O)c1c(-c2ccc(C#CC(C)(C)O)cc2)nn(-c2ccccc2)c1C(=O)OC. The van der Waals surface area contributed by atoms with E-state index in [1.165, 1.54) is 18.9 Å². The van der Waals surface area contributed by atoms with E-state index in [2.05, 4.69) is 16.9 Å². The predicted molar refractivity (Wildman–Crippen MR) is 115 cm³/mol.